The highest BCUT2D eigenvalue weighted by molar-refractivity contribution is 5.95. The zero-order valence-electron chi connectivity index (χ0n) is 12.1. The molecule has 0 bridgehead atoms. The van der Waals surface area contributed by atoms with Gasteiger partial charge in [0.2, 0.25) is 0 Å². The Morgan fingerprint density at radius 3 is 2.80 bits per heavy atom. The summed E-state index contributed by atoms with van der Waals surface area (Å²) in [7, 11) is 0. The third-order valence-corrected chi connectivity index (χ3v) is 3.76. The molecule has 1 aliphatic rings. The van der Waals surface area contributed by atoms with E-state index in [0.717, 1.165) is 30.6 Å². The lowest BCUT2D eigenvalue weighted by Gasteiger charge is -2.13. The van der Waals surface area contributed by atoms with Crippen molar-refractivity contribution in [2.24, 2.45) is 0 Å². The summed E-state index contributed by atoms with van der Waals surface area (Å²) in [5.74, 6) is -0.297. The minimum absolute atomic E-state index is 0.220. The zero-order valence-corrected chi connectivity index (χ0v) is 12.1. The fourth-order valence-corrected chi connectivity index (χ4v) is 2.67. The number of aromatic nitrogens is 2. The van der Waals surface area contributed by atoms with E-state index in [-0.39, 0.29) is 11.5 Å². The third kappa shape index (κ3) is 3.07. The first kappa shape index (κ1) is 14.7. The fourth-order valence-electron chi connectivity index (χ4n) is 2.67. The van der Waals surface area contributed by atoms with Crippen molar-refractivity contribution < 1.29 is 4.79 Å². The summed E-state index contributed by atoms with van der Waals surface area (Å²) in [5, 5.41) is 12.6. The quantitative estimate of drug-likeness (QED) is 0.726. The van der Waals surface area contributed by atoms with Crippen LogP contribution in [-0.2, 0) is 12.8 Å². The number of aryl methyl sites for hydroxylation is 1. The number of carbonyl (C=O) groups excluding carboxylic acids is 1. The van der Waals surface area contributed by atoms with Crippen molar-refractivity contribution in [3.63, 3.8) is 0 Å². The molecular formula is C14H22N4O2. The predicted molar refractivity (Wildman–Crippen MR) is 77.0 cm³/mol. The summed E-state index contributed by atoms with van der Waals surface area (Å²) in [4.78, 5) is 24.2. The maximum Gasteiger partial charge on any atom is 0.277 e. The van der Waals surface area contributed by atoms with E-state index in [2.05, 4.69) is 20.8 Å². The number of hydrogen-bond donors (Lipinski definition) is 3. The molecule has 20 heavy (non-hydrogen) atoms. The molecular weight excluding hydrogens is 256 g/mol. The summed E-state index contributed by atoms with van der Waals surface area (Å²) in [6.07, 6.45) is 3.53. The van der Waals surface area contributed by atoms with Gasteiger partial charge in [-0.05, 0) is 37.8 Å². The van der Waals surface area contributed by atoms with E-state index in [1.54, 1.807) is 0 Å². The number of hydrogen-bond acceptors (Lipinski definition) is 4. The molecule has 0 radical (unpaired) electrons. The first-order valence-electron chi connectivity index (χ1n) is 7.29. The van der Waals surface area contributed by atoms with Gasteiger partial charge in [-0.25, -0.2) is 5.10 Å². The molecule has 1 fully saturated rings. The Kier molecular flexibility index (Phi) is 4.89. The molecule has 1 unspecified atom stereocenters. The van der Waals surface area contributed by atoms with E-state index in [1.807, 2.05) is 13.8 Å². The van der Waals surface area contributed by atoms with Gasteiger partial charge in [-0.2, -0.15) is 5.10 Å². The van der Waals surface area contributed by atoms with Crippen molar-refractivity contribution >= 4 is 5.91 Å². The predicted octanol–water partition coefficient (Wildman–Crippen LogP) is 0.377. The highest BCUT2D eigenvalue weighted by Gasteiger charge is 2.20. The Morgan fingerprint density at radius 2 is 2.20 bits per heavy atom. The summed E-state index contributed by atoms with van der Waals surface area (Å²) >= 11 is 0. The molecule has 6 nitrogen and oxygen atoms in total. The van der Waals surface area contributed by atoms with Crippen LogP contribution in [0.5, 0.6) is 0 Å². The Morgan fingerprint density at radius 1 is 1.40 bits per heavy atom. The van der Waals surface area contributed by atoms with Gasteiger partial charge in [0.15, 0.2) is 0 Å². The minimum Gasteiger partial charge on any atom is -0.350 e. The molecule has 110 valence electrons. The Bertz CT molecular complexity index is 532. The van der Waals surface area contributed by atoms with Gasteiger partial charge in [0, 0.05) is 12.6 Å². The average molecular weight is 278 g/mol. The lowest BCUT2D eigenvalue weighted by Crippen LogP contribution is -2.40. The van der Waals surface area contributed by atoms with Gasteiger partial charge in [-0.15, -0.1) is 0 Å². The molecule has 6 heteroatoms. The number of amides is 1. The Hall–Kier alpha value is -1.69. The molecule has 3 N–H and O–H groups in total. The fraction of sp³-hybridized carbons (Fsp3) is 0.643. The molecule has 2 heterocycles. The Balaban J connectivity index is 2.17. The van der Waals surface area contributed by atoms with E-state index < -0.39 is 5.56 Å². The second-order valence-corrected chi connectivity index (χ2v) is 5.06. The number of nitrogens with one attached hydrogen (secondary N) is 3. The first-order valence-corrected chi connectivity index (χ1v) is 7.29. The molecule has 0 aliphatic carbocycles. The average Bonchev–Trinajstić information content (AvgIpc) is 2.97. The van der Waals surface area contributed by atoms with Gasteiger partial charge in [0.1, 0.15) is 5.56 Å². The van der Waals surface area contributed by atoms with Crippen molar-refractivity contribution in [1.29, 1.82) is 0 Å². The number of H-pyrrole nitrogens is 1. The topological polar surface area (TPSA) is 86.9 Å². The number of aromatic amines is 1. The van der Waals surface area contributed by atoms with Crippen molar-refractivity contribution in [3.05, 3.63) is 27.2 Å². The summed E-state index contributed by atoms with van der Waals surface area (Å²) in [6, 6.07) is 0.315. The monoisotopic (exact) mass is 278 g/mol. The van der Waals surface area contributed by atoms with E-state index in [9.17, 15) is 9.59 Å². The van der Waals surface area contributed by atoms with Gasteiger partial charge in [-0.1, -0.05) is 13.8 Å². The summed E-state index contributed by atoms with van der Waals surface area (Å²) in [6.45, 7) is 5.46. The van der Waals surface area contributed by atoms with Crippen molar-refractivity contribution in [2.45, 2.75) is 45.6 Å². The van der Waals surface area contributed by atoms with Crippen molar-refractivity contribution in [2.75, 3.05) is 13.1 Å². The van der Waals surface area contributed by atoms with Gasteiger partial charge in [-0.3, -0.25) is 9.59 Å². The van der Waals surface area contributed by atoms with Crippen molar-refractivity contribution in [3.8, 4) is 0 Å². The zero-order chi connectivity index (χ0) is 14.5. The van der Waals surface area contributed by atoms with Crippen LogP contribution in [0.4, 0.5) is 0 Å². The second kappa shape index (κ2) is 6.65. The Labute approximate surface area is 118 Å². The lowest BCUT2D eigenvalue weighted by atomic mass is 10.0. The van der Waals surface area contributed by atoms with Crippen LogP contribution < -0.4 is 16.2 Å². The summed E-state index contributed by atoms with van der Waals surface area (Å²) in [5.41, 5.74) is 1.36. The highest BCUT2D eigenvalue weighted by atomic mass is 16.2. The molecule has 1 saturated heterocycles. The minimum atomic E-state index is -0.407. The van der Waals surface area contributed by atoms with Crippen LogP contribution in [0.15, 0.2) is 4.79 Å². The molecule has 1 atom stereocenters. The summed E-state index contributed by atoms with van der Waals surface area (Å²) < 4.78 is 0. The smallest absolute Gasteiger partial charge is 0.277 e. The molecule has 1 aromatic heterocycles. The lowest BCUT2D eigenvalue weighted by molar-refractivity contribution is 0.0947. The molecule has 2 rings (SSSR count). The SMILES string of the molecule is CCc1n[nH]c(=O)c(C(=O)NCC2CCCN2)c1CC. The van der Waals surface area contributed by atoms with Crippen LogP contribution >= 0.6 is 0 Å². The molecule has 0 aromatic carbocycles. The van der Waals surface area contributed by atoms with E-state index >= 15 is 0 Å². The molecule has 1 amide bonds. The second-order valence-electron chi connectivity index (χ2n) is 5.06. The van der Waals surface area contributed by atoms with E-state index in [1.165, 1.54) is 0 Å². The van der Waals surface area contributed by atoms with E-state index in [0.29, 0.717) is 25.4 Å². The van der Waals surface area contributed by atoms with Crippen LogP contribution in [0.1, 0.15) is 48.3 Å². The standard InChI is InChI=1S/C14H22N4O2/c1-3-10-11(4-2)17-18-14(20)12(10)13(19)16-8-9-6-5-7-15-9/h9,15H,3-8H2,1-2H3,(H,16,19)(H,18,20). The number of carbonyl (C=O) groups is 1. The first-order chi connectivity index (χ1) is 9.67. The van der Waals surface area contributed by atoms with Gasteiger partial charge in [0.05, 0.1) is 5.69 Å². The van der Waals surface area contributed by atoms with Gasteiger partial charge >= 0.3 is 0 Å². The number of rotatable bonds is 5. The largest absolute Gasteiger partial charge is 0.350 e. The van der Waals surface area contributed by atoms with Crippen LogP contribution in [0.2, 0.25) is 0 Å². The molecule has 1 aliphatic heterocycles. The van der Waals surface area contributed by atoms with Crippen LogP contribution in [0, 0.1) is 0 Å². The van der Waals surface area contributed by atoms with Crippen molar-refractivity contribution in [1.82, 2.24) is 20.8 Å². The number of nitrogens with zero attached hydrogens (tertiary/aromatic N) is 1. The molecule has 0 spiro atoms. The van der Waals surface area contributed by atoms with Crippen LogP contribution in [0.3, 0.4) is 0 Å². The molecule has 1 aromatic rings. The van der Waals surface area contributed by atoms with Crippen LogP contribution in [-0.4, -0.2) is 35.2 Å². The maximum atomic E-state index is 12.3. The maximum absolute atomic E-state index is 12.3. The normalized spacial score (nSPS) is 18.2. The van der Waals surface area contributed by atoms with E-state index in [4.69, 9.17) is 0 Å². The van der Waals surface area contributed by atoms with Gasteiger partial charge < -0.3 is 10.6 Å². The molecule has 0 saturated carbocycles. The third-order valence-electron chi connectivity index (χ3n) is 3.76. The highest BCUT2D eigenvalue weighted by Crippen LogP contribution is 2.10. The van der Waals surface area contributed by atoms with Gasteiger partial charge in [0.25, 0.3) is 11.5 Å². The van der Waals surface area contributed by atoms with Crippen LogP contribution in [0.25, 0.3) is 0 Å².